The van der Waals surface area contributed by atoms with Crippen LogP contribution >= 0.6 is 0 Å². The van der Waals surface area contributed by atoms with Gasteiger partial charge >= 0.3 is 29.8 Å². The minimum atomic E-state index is -2.58. The van der Waals surface area contributed by atoms with E-state index >= 15 is 0 Å². The van der Waals surface area contributed by atoms with E-state index in [9.17, 15) is 34.2 Å². The Morgan fingerprint density at radius 1 is 1.02 bits per heavy atom. The van der Waals surface area contributed by atoms with Crippen LogP contribution in [0.15, 0.2) is 22.8 Å². The van der Waals surface area contributed by atoms with E-state index in [-0.39, 0.29) is 23.1 Å². The van der Waals surface area contributed by atoms with Crippen molar-refractivity contribution in [1.29, 1.82) is 0 Å². The van der Waals surface area contributed by atoms with Gasteiger partial charge in [0.2, 0.25) is 0 Å². The minimum Gasteiger partial charge on any atom is -0.459 e. The van der Waals surface area contributed by atoms with Crippen LogP contribution in [-0.2, 0) is 47.7 Å². The Morgan fingerprint density at radius 2 is 1.66 bits per heavy atom. The molecule has 0 aromatic rings. The van der Waals surface area contributed by atoms with E-state index in [0.29, 0.717) is 12.8 Å². The van der Waals surface area contributed by atoms with Crippen molar-refractivity contribution in [2.75, 3.05) is 0 Å². The van der Waals surface area contributed by atoms with Crippen molar-refractivity contribution in [3.63, 3.8) is 0 Å². The third kappa shape index (κ3) is 7.28. The van der Waals surface area contributed by atoms with Crippen LogP contribution in [0.1, 0.15) is 114 Å². The minimum absolute atomic E-state index is 0.0758. The predicted molar refractivity (Wildman–Crippen MR) is 168 cm³/mol. The Morgan fingerprint density at radius 3 is 2.23 bits per heavy atom. The van der Waals surface area contributed by atoms with Crippen molar-refractivity contribution in [2.45, 2.75) is 155 Å². The standard InChI is InChI=1S/C35H52O12/c1-10-13-14-15-16-17-24(37)44-28-26-25(21(6)27(28)45-31(39)20(5)12-3)29-35(42,34(9,41)32(40)46-29)23(43-30(38)19(4)11-2)18-33(26,8)47-22(7)36/h12,19,23,26-29,41-42H,10-11,13-18H2,1-9H3/b20-12+/t19?,23-,26+,27-,28-,29-,33-,34+,35+/m1/s1. The van der Waals surface area contributed by atoms with Gasteiger partial charge in [-0.25, -0.2) is 9.59 Å². The van der Waals surface area contributed by atoms with Crippen LogP contribution in [0.5, 0.6) is 0 Å². The van der Waals surface area contributed by atoms with Crippen LogP contribution < -0.4 is 0 Å². The molecule has 0 amide bonds. The summed E-state index contributed by atoms with van der Waals surface area (Å²) in [6.07, 6.45) is 0.230. The molecule has 2 N–H and O–H groups in total. The summed E-state index contributed by atoms with van der Waals surface area (Å²) in [7, 11) is 0. The zero-order chi connectivity index (χ0) is 35.5. The highest BCUT2D eigenvalue weighted by atomic mass is 16.6. The monoisotopic (exact) mass is 664 g/mol. The Labute approximate surface area is 277 Å². The molecule has 0 aromatic carbocycles. The number of unbranched alkanes of at least 4 members (excludes halogenated alkanes) is 4. The number of aliphatic hydroxyl groups is 2. The lowest BCUT2D eigenvalue weighted by atomic mass is 9.75. The first-order chi connectivity index (χ1) is 21.9. The molecule has 9 atom stereocenters. The van der Waals surface area contributed by atoms with Crippen molar-refractivity contribution in [2.24, 2.45) is 11.8 Å². The van der Waals surface area contributed by atoms with Crippen LogP contribution in [0.4, 0.5) is 0 Å². The third-order valence-electron chi connectivity index (χ3n) is 10.1. The number of hydrogen-bond acceptors (Lipinski definition) is 12. The normalized spacial score (nSPS) is 34.1. The van der Waals surface area contributed by atoms with Crippen LogP contribution in [-0.4, -0.2) is 81.3 Å². The van der Waals surface area contributed by atoms with Gasteiger partial charge in [-0.2, -0.15) is 0 Å². The fourth-order valence-corrected chi connectivity index (χ4v) is 6.90. The molecular weight excluding hydrogens is 612 g/mol. The molecule has 0 aromatic heterocycles. The molecule has 1 saturated carbocycles. The van der Waals surface area contributed by atoms with E-state index in [1.807, 2.05) is 0 Å². The third-order valence-corrected chi connectivity index (χ3v) is 10.1. The quantitative estimate of drug-likeness (QED) is 0.0948. The Kier molecular flexibility index (Phi) is 12.1. The smallest absolute Gasteiger partial charge is 0.341 e. The fraction of sp³-hybridized carbons (Fsp3) is 0.743. The first-order valence-electron chi connectivity index (χ1n) is 16.7. The fourth-order valence-electron chi connectivity index (χ4n) is 6.90. The number of carbonyl (C=O) groups excluding carboxylic acids is 5. The highest BCUT2D eigenvalue weighted by molar-refractivity contribution is 5.88. The summed E-state index contributed by atoms with van der Waals surface area (Å²) in [6.45, 7) is 14.1. The number of ether oxygens (including phenoxy) is 5. The first-order valence-corrected chi connectivity index (χ1v) is 16.7. The van der Waals surface area contributed by atoms with E-state index in [1.165, 1.54) is 13.8 Å². The Bertz CT molecular complexity index is 1300. The lowest BCUT2D eigenvalue weighted by molar-refractivity contribution is -0.214. The van der Waals surface area contributed by atoms with Gasteiger partial charge in [-0.1, -0.05) is 52.5 Å². The second-order valence-electron chi connectivity index (χ2n) is 13.6. The molecule has 12 heteroatoms. The second kappa shape index (κ2) is 14.9. The van der Waals surface area contributed by atoms with E-state index < -0.39 is 89.3 Å². The molecule has 12 nitrogen and oxygen atoms in total. The maximum absolute atomic E-state index is 13.4. The average molecular weight is 665 g/mol. The van der Waals surface area contributed by atoms with Gasteiger partial charge in [0, 0.05) is 25.3 Å². The molecule has 0 radical (unpaired) electrons. The van der Waals surface area contributed by atoms with Crippen molar-refractivity contribution in [3.05, 3.63) is 22.8 Å². The van der Waals surface area contributed by atoms with E-state index in [2.05, 4.69) is 6.92 Å². The highest BCUT2D eigenvalue weighted by Crippen LogP contribution is 2.57. The zero-order valence-electron chi connectivity index (χ0n) is 29.2. The summed E-state index contributed by atoms with van der Waals surface area (Å²) < 4.78 is 29.5. The summed E-state index contributed by atoms with van der Waals surface area (Å²) in [6, 6.07) is 0. The van der Waals surface area contributed by atoms with E-state index in [4.69, 9.17) is 23.7 Å². The van der Waals surface area contributed by atoms with Gasteiger partial charge in [-0.05, 0) is 58.6 Å². The van der Waals surface area contributed by atoms with E-state index in [1.54, 1.807) is 40.7 Å². The summed E-state index contributed by atoms with van der Waals surface area (Å²) in [5, 5.41) is 24.0. The molecule has 3 aliphatic rings. The number of allylic oxidation sites excluding steroid dienone is 1. The SMILES string of the molecule is C/C=C(\C)C(=O)O[C@@H]1C(C)=C2[C@H]3OC(=O)[C@](C)(O)[C@]3(O)[C@H](OC(=O)C(C)CC)C[C@@](C)(OC(C)=O)[C@@H]2[C@H]1OC(=O)CCCCCCC. The van der Waals surface area contributed by atoms with Gasteiger partial charge in [-0.15, -0.1) is 0 Å². The largest absolute Gasteiger partial charge is 0.459 e. The lowest BCUT2D eigenvalue weighted by Crippen LogP contribution is -2.64. The first kappa shape index (κ1) is 38.2. The summed E-state index contributed by atoms with van der Waals surface area (Å²) >= 11 is 0. The van der Waals surface area contributed by atoms with Crippen LogP contribution in [0, 0.1) is 11.8 Å². The molecule has 47 heavy (non-hydrogen) atoms. The second-order valence-corrected chi connectivity index (χ2v) is 13.6. The van der Waals surface area contributed by atoms with Crippen LogP contribution in [0.3, 0.4) is 0 Å². The maximum atomic E-state index is 13.4. The lowest BCUT2D eigenvalue weighted by Gasteiger charge is -2.42. The van der Waals surface area contributed by atoms with Crippen LogP contribution in [0.2, 0.25) is 0 Å². The number of rotatable bonds is 13. The number of esters is 5. The van der Waals surface area contributed by atoms with Gasteiger partial charge < -0.3 is 33.9 Å². The number of hydrogen-bond donors (Lipinski definition) is 2. The van der Waals surface area contributed by atoms with Crippen molar-refractivity contribution in [1.82, 2.24) is 0 Å². The molecule has 2 aliphatic carbocycles. The molecule has 1 saturated heterocycles. The molecule has 1 heterocycles. The predicted octanol–water partition coefficient (Wildman–Crippen LogP) is 4.17. The van der Waals surface area contributed by atoms with Crippen LogP contribution in [0.25, 0.3) is 0 Å². The van der Waals surface area contributed by atoms with Gasteiger partial charge in [0.15, 0.2) is 29.5 Å². The molecule has 1 aliphatic heterocycles. The molecule has 2 fully saturated rings. The van der Waals surface area contributed by atoms with Gasteiger partial charge in [0.05, 0.1) is 11.8 Å². The van der Waals surface area contributed by atoms with Crippen molar-refractivity contribution < 1.29 is 57.9 Å². The number of carbonyl (C=O) groups is 5. The maximum Gasteiger partial charge on any atom is 0.341 e. The molecule has 3 rings (SSSR count). The summed E-state index contributed by atoms with van der Waals surface area (Å²) in [5.74, 6) is -5.64. The molecule has 0 spiro atoms. The zero-order valence-corrected chi connectivity index (χ0v) is 29.2. The van der Waals surface area contributed by atoms with Gasteiger partial charge in [0.25, 0.3) is 0 Å². The summed E-state index contributed by atoms with van der Waals surface area (Å²) in [5.41, 5.74) is -6.16. The molecule has 1 unspecified atom stereocenters. The Balaban J connectivity index is 2.24. The van der Waals surface area contributed by atoms with Crippen molar-refractivity contribution in [3.8, 4) is 0 Å². The summed E-state index contributed by atoms with van der Waals surface area (Å²) in [4.78, 5) is 65.6. The van der Waals surface area contributed by atoms with Crippen molar-refractivity contribution >= 4 is 29.8 Å². The highest BCUT2D eigenvalue weighted by Gasteiger charge is 2.76. The molecule has 264 valence electrons. The molecule has 0 bridgehead atoms. The topological polar surface area (TPSA) is 172 Å². The van der Waals surface area contributed by atoms with Gasteiger partial charge in [-0.3, -0.25) is 14.4 Å². The van der Waals surface area contributed by atoms with Gasteiger partial charge in [0.1, 0.15) is 11.7 Å². The Hall–Kier alpha value is -3.25. The van der Waals surface area contributed by atoms with E-state index in [0.717, 1.165) is 32.6 Å². The average Bonchev–Trinajstić information content (AvgIpc) is 3.33. The number of fused-ring (bicyclic) bond motifs is 3. The molecular formula is C35H52O12.